The normalized spacial score (nSPS) is 20.3. The molecule has 6 nitrogen and oxygen atoms in total. The molecule has 0 spiro atoms. The van der Waals surface area contributed by atoms with Crippen molar-refractivity contribution in [1.82, 2.24) is 9.62 Å². The maximum absolute atomic E-state index is 12.6. The summed E-state index contributed by atoms with van der Waals surface area (Å²) in [6, 6.07) is 4.17. The fourth-order valence-electron chi connectivity index (χ4n) is 2.26. The average molecular weight is 313 g/mol. The van der Waals surface area contributed by atoms with Crippen LogP contribution in [0.3, 0.4) is 0 Å². The molecule has 108 valence electrons. The summed E-state index contributed by atoms with van der Waals surface area (Å²) in [5, 5.41) is 11.3. The Morgan fingerprint density at radius 2 is 2.25 bits per heavy atom. The molecule has 1 N–H and O–H groups in total. The van der Waals surface area contributed by atoms with Gasteiger partial charge in [0.25, 0.3) is 10.0 Å². The number of hydrogen-bond acceptors (Lipinski definition) is 5. The Morgan fingerprint density at radius 3 is 2.85 bits per heavy atom. The molecule has 0 radical (unpaired) electrons. The van der Waals surface area contributed by atoms with Gasteiger partial charge in [0.05, 0.1) is 0 Å². The molecule has 2 rings (SSSR count). The lowest BCUT2D eigenvalue weighted by atomic mass is 10.0. The van der Waals surface area contributed by atoms with Crippen molar-refractivity contribution in [2.24, 2.45) is 0 Å². The summed E-state index contributed by atoms with van der Waals surface area (Å²) >= 11 is 0.932. The van der Waals surface area contributed by atoms with Gasteiger partial charge in [-0.1, -0.05) is 6.42 Å². The third-order valence-electron chi connectivity index (χ3n) is 3.26. The third kappa shape index (κ3) is 2.70. The van der Waals surface area contributed by atoms with Crippen molar-refractivity contribution in [3.05, 3.63) is 17.0 Å². The average Bonchev–Trinajstić information content (AvgIpc) is 2.96. The van der Waals surface area contributed by atoms with Crippen LogP contribution < -0.4 is 5.32 Å². The van der Waals surface area contributed by atoms with E-state index in [-0.39, 0.29) is 10.1 Å². The zero-order valence-corrected chi connectivity index (χ0v) is 12.6. The second kappa shape index (κ2) is 5.91. The van der Waals surface area contributed by atoms with E-state index in [0.29, 0.717) is 17.8 Å². The smallest absolute Gasteiger partial charge is 0.253 e. The molecular formula is C12H15N3O3S2. The number of nitriles is 1. The summed E-state index contributed by atoms with van der Waals surface area (Å²) in [7, 11) is -2.22. The number of amides is 1. The van der Waals surface area contributed by atoms with Crippen molar-refractivity contribution in [1.29, 1.82) is 5.26 Å². The monoisotopic (exact) mass is 313 g/mol. The highest BCUT2D eigenvalue weighted by Gasteiger charge is 2.37. The van der Waals surface area contributed by atoms with E-state index in [1.54, 1.807) is 0 Å². The number of likely N-dealkylation sites (N-methyl/N-ethyl adjacent to an activating group) is 1. The molecular weight excluding hydrogens is 298 g/mol. The van der Waals surface area contributed by atoms with Gasteiger partial charge in [-0.25, -0.2) is 8.42 Å². The second-order valence-electron chi connectivity index (χ2n) is 4.47. The van der Waals surface area contributed by atoms with E-state index in [1.165, 1.54) is 23.5 Å². The summed E-state index contributed by atoms with van der Waals surface area (Å²) in [5.41, 5.74) is 0. The standard InChI is InChI=1S/C12H15N3O3S2/c1-14-12(16)10-4-2-3-7-15(10)20(17,18)11-6-5-9(8-13)19-11/h5-6,10H,2-4,7H2,1H3,(H,14,16). The lowest BCUT2D eigenvalue weighted by Crippen LogP contribution is -2.50. The number of carbonyl (C=O) groups excluding carboxylic acids is 1. The Kier molecular flexibility index (Phi) is 4.42. The van der Waals surface area contributed by atoms with Crippen LogP contribution >= 0.6 is 11.3 Å². The predicted molar refractivity (Wildman–Crippen MR) is 74.6 cm³/mol. The number of sulfonamides is 1. The number of nitrogens with zero attached hydrogens (tertiary/aromatic N) is 2. The van der Waals surface area contributed by atoms with Crippen LogP contribution in [0.25, 0.3) is 0 Å². The van der Waals surface area contributed by atoms with E-state index in [2.05, 4.69) is 5.32 Å². The molecule has 20 heavy (non-hydrogen) atoms. The third-order valence-corrected chi connectivity index (χ3v) is 6.62. The molecule has 0 bridgehead atoms. The fraction of sp³-hybridized carbons (Fsp3) is 0.500. The van der Waals surface area contributed by atoms with Gasteiger partial charge in [0, 0.05) is 13.6 Å². The van der Waals surface area contributed by atoms with Crippen LogP contribution in [0.4, 0.5) is 0 Å². The molecule has 0 aliphatic carbocycles. The van der Waals surface area contributed by atoms with E-state index in [0.717, 1.165) is 24.2 Å². The number of nitrogens with one attached hydrogen (secondary N) is 1. The molecule has 1 atom stereocenters. The van der Waals surface area contributed by atoms with Crippen molar-refractivity contribution in [3.63, 3.8) is 0 Å². The number of piperidine rings is 1. The molecule has 1 saturated heterocycles. The van der Waals surface area contributed by atoms with Gasteiger partial charge in [-0.2, -0.15) is 9.57 Å². The Hall–Kier alpha value is -1.43. The van der Waals surface area contributed by atoms with Gasteiger partial charge in [-0.05, 0) is 25.0 Å². The molecule has 1 aliphatic heterocycles. The fourth-order valence-corrected chi connectivity index (χ4v) is 5.14. The first-order valence-electron chi connectivity index (χ1n) is 6.24. The van der Waals surface area contributed by atoms with Crippen LogP contribution in [0, 0.1) is 11.3 Å². The van der Waals surface area contributed by atoms with Crippen molar-refractivity contribution in [2.75, 3.05) is 13.6 Å². The van der Waals surface area contributed by atoms with E-state index in [1.807, 2.05) is 6.07 Å². The quantitative estimate of drug-likeness (QED) is 0.898. The topological polar surface area (TPSA) is 90.3 Å². The van der Waals surface area contributed by atoms with Crippen molar-refractivity contribution < 1.29 is 13.2 Å². The highest BCUT2D eigenvalue weighted by Crippen LogP contribution is 2.29. The van der Waals surface area contributed by atoms with E-state index in [4.69, 9.17) is 5.26 Å². The molecule has 1 aromatic heterocycles. The first kappa shape index (κ1) is 15.0. The van der Waals surface area contributed by atoms with Crippen LogP contribution in [0.2, 0.25) is 0 Å². The predicted octanol–water partition coefficient (Wildman–Crippen LogP) is 0.909. The Balaban J connectivity index is 2.35. The zero-order chi connectivity index (χ0) is 14.8. The number of hydrogen-bond donors (Lipinski definition) is 1. The lowest BCUT2D eigenvalue weighted by molar-refractivity contribution is -0.125. The molecule has 2 heterocycles. The number of thiophene rings is 1. The minimum absolute atomic E-state index is 0.116. The van der Waals surface area contributed by atoms with E-state index < -0.39 is 16.1 Å². The van der Waals surface area contributed by atoms with E-state index >= 15 is 0 Å². The van der Waals surface area contributed by atoms with Gasteiger partial charge < -0.3 is 5.32 Å². The number of rotatable bonds is 3. The minimum Gasteiger partial charge on any atom is -0.358 e. The maximum atomic E-state index is 12.6. The van der Waals surface area contributed by atoms with Crippen molar-refractivity contribution >= 4 is 27.3 Å². The summed E-state index contributed by atoms with van der Waals surface area (Å²) in [6.45, 7) is 0.334. The highest BCUT2D eigenvalue weighted by atomic mass is 32.2. The van der Waals surface area contributed by atoms with Crippen LogP contribution in [-0.2, 0) is 14.8 Å². The molecule has 1 aromatic rings. The zero-order valence-electron chi connectivity index (χ0n) is 11.0. The summed E-state index contributed by atoms with van der Waals surface area (Å²) in [4.78, 5) is 12.2. The van der Waals surface area contributed by atoms with Crippen LogP contribution in [0.1, 0.15) is 24.1 Å². The Morgan fingerprint density at radius 1 is 1.50 bits per heavy atom. The SMILES string of the molecule is CNC(=O)C1CCCCN1S(=O)(=O)c1ccc(C#N)s1. The molecule has 0 aromatic carbocycles. The summed E-state index contributed by atoms with van der Waals surface area (Å²) in [6.07, 6.45) is 2.09. The van der Waals surface area contributed by atoms with E-state index in [9.17, 15) is 13.2 Å². The van der Waals surface area contributed by atoms with Gasteiger partial charge >= 0.3 is 0 Å². The van der Waals surface area contributed by atoms with Gasteiger partial charge in [-0.3, -0.25) is 4.79 Å². The molecule has 1 amide bonds. The number of carbonyl (C=O) groups is 1. The van der Waals surface area contributed by atoms with Gasteiger partial charge in [0.15, 0.2) is 0 Å². The van der Waals surface area contributed by atoms with Crippen LogP contribution in [0.5, 0.6) is 0 Å². The molecule has 1 fully saturated rings. The molecule has 0 saturated carbocycles. The summed E-state index contributed by atoms with van der Waals surface area (Å²) < 4.78 is 26.6. The van der Waals surface area contributed by atoms with Gasteiger partial charge in [0.2, 0.25) is 5.91 Å². The second-order valence-corrected chi connectivity index (χ2v) is 7.67. The van der Waals surface area contributed by atoms with Crippen LogP contribution in [0.15, 0.2) is 16.3 Å². The van der Waals surface area contributed by atoms with Crippen molar-refractivity contribution in [3.8, 4) is 6.07 Å². The Bertz CT molecular complexity index is 645. The van der Waals surface area contributed by atoms with Crippen molar-refractivity contribution in [2.45, 2.75) is 29.5 Å². The minimum atomic E-state index is -3.72. The molecule has 1 aliphatic rings. The van der Waals surface area contributed by atoms with Gasteiger partial charge in [0.1, 0.15) is 21.2 Å². The molecule has 1 unspecified atom stereocenters. The lowest BCUT2D eigenvalue weighted by Gasteiger charge is -2.32. The first-order chi connectivity index (χ1) is 9.50. The summed E-state index contributed by atoms with van der Waals surface area (Å²) in [5.74, 6) is -0.287. The molecule has 8 heteroatoms. The van der Waals surface area contributed by atoms with Gasteiger partial charge in [-0.15, -0.1) is 11.3 Å². The maximum Gasteiger partial charge on any atom is 0.253 e. The Labute approximate surface area is 122 Å². The highest BCUT2D eigenvalue weighted by molar-refractivity contribution is 7.91. The largest absolute Gasteiger partial charge is 0.358 e. The van der Waals surface area contributed by atoms with Crippen LogP contribution in [-0.4, -0.2) is 38.3 Å². The first-order valence-corrected chi connectivity index (χ1v) is 8.49.